The second-order valence-corrected chi connectivity index (χ2v) is 7.30. The molecule has 1 amide bonds. The largest absolute Gasteiger partial charge is 0.345 e. The standard InChI is InChI=1S/C18H23N3OS/c1-12-13(2)21(16-8-9-16)18(19-12)23-11-14-6-5-7-15(10-14)17(22)20(3)4/h5-7,10,16H,8-9,11H2,1-4H3. The van der Waals surface area contributed by atoms with Crippen LogP contribution in [0.15, 0.2) is 29.4 Å². The summed E-state index contributed by atoms with van der Waals surface area (Å²) < 4.78 is 2.38. The van der Waals surface area contributed by atoms with Gasteiger partial charge in [-0.1, -0.05) is 23.9 Å². The maximum absolute atomic E-state index is 12.1. The van der Waals surface area contributed by atoms with E-state index in [-0.39, 0.29) is 5.91 Å². The summed E-state index contributed by atoms with van der Waals surface area (Å²) in [5.74, 6) is 0.875. The second kappa shape index (κ2) is 6.40. The summed E-state index contributed by atoms with van der Waals surface area (Å²) in [4.78, 5) is 18.4. The Balaban J connectivity index is 1.75. The Labute approximate surface area is 141 Å². The summed E-state index contributed by atoms with van der Waals surface area (Å²) in [6.45, 7) is 4.23. The summed E-state index contributed by atoms with van der Waals surface area (Å²) >= 11 is 1.76. The van der Waals surface area contributed by atoms with Crippen molar-refractivity contribution in [2.45, 2.75) is 43.6 Å². The van der Waals surface area contributed by atoms with Crippen molar-refractivity contribution >= 4 is 17.7 Å². The van der Waals surface area contributed by atoms with E-state index in [1.165, 1.54) is 18.5 Å². The lowest BCUT2D eigenvalue weighted by molar-refractivity contribution is 0.0827. The van der Waals surface area contributed by atoms with Crippen LogP contribution < -0.4 is 0 Å². The normalized spacial score (nSPS) is 14.1. The molecule has 1 aliphatic rings. The molecule has 0 unspecified atom stereocenters. The predicted molar refractivity (Wildman–Crippen MR) is 94.0 cm³/mol. The van der Waals surface area contributed by atoms with Crippen LogP contribution in [0.1, 0.15) is 46.2 Å². The van der Waals surface area contributed by atoms with E-state index in [0.29, 0.717) is 6.04 Å². The third-order valence-corrected chi connectivity index (χ3v) is 5.24. The van der Waals surface area contributed by atoms with E-state index in [4.69, 9.17) is 4.98 Å². The number of imidazole rings is 1. The minimum Gasteiger partial charge on any atom is -0.345 e. The van der Waals surface area contributed by atoms with E-state index in [2.05, 4.69) is 24.5 Å². The fraction of sp³-hybridized carbons (Fsp3) is 0.444. The number of amides is 1. The van der Waals surface area contributed by atoms with Gasteiger partial charge in [0.25, 0.3) is 5.91 Å². The molecule has 0 N–H and O–H groups in total. The smallest absolute Gasteiger partial charge is 0.253 e. The molecule has 1 fully saturated rings. The van der Waals surface area contributed by atoms with E-state index >= 15 is 0 Å². The van der Waals surface area contributed by atoms with Crippen LogP contribution in [0.4, 0.5) is 0 Å². The van der Waals surface area contributed by atoms with Crippen LogP contribution in [-0.4, -0.2) is 34.5 Å². The molecule has 1 heterocycles. The fourth-order valence-corrected chi connectivity index (χ4v) is 3.76. The molecule has 2 aromatic rings. The van der Waals surface area contributed by atoms with Gasteiger partial charge in [-0.15, -0.1) is 0 Å². The van der Waals surface area contributed by atoms with Crippen molar-refractivity contribution in [3.63, 3.8) is 0 Å². The average molecular weight is 329 g/mol. The highest BCUT2D eigenvalue weighted by atomic mass is 32.2. The highest BCUT2D eigenvalue weighted by Gasteiger charge is 2.28. The van der Waals surface area contributed by atoms with Crippen molar-refractivity contribution in [3.05, 3.63) is 46.8 Å². The first kappa shape index (κ1) is 16.1. The van der Waals surface area contributed by atoms with Gasteiger partial charge < -0.3 is 9.47 Å². The number of nitrogens with zero attached hydrogens (tertiary/aromatic N) is 3. The first-order valence-corrected chi connectivity index (χ1v) is 8.94. The van der Waals surface area contributed by atoms with Crippen molar-refractivity contribution in [2.24, 2.45) is 0 Å². The summed E-state index contributed by atoms with van der Waals surface area (Å²) in [5, 5.41) is 1.10. The van der Waals surface area contributed by atoms with Gasteiger partial charge in [0.1, 0.15) is 0 Å². The van der Waals surface area contributed by atoms with Crippen LogP contribution >= 0.6 is 11.8 Å². The van der Waals surface area contributed by atoms with Crippen LogP contribution in [0.25, 0.3) is 0 Å². The molecule has 0 saturated heterocycles. The minimum absolute atomic E-state index is 0.0445. The first-order valence-electron chi connectivity index (χ1n) is 7.96. The van der Waals surface area contributed by atoms with Crippen LogP contribution in [0.2, 0.25) is 0 Å². The van der Waals surface area contributed by atoms with E-state index < -0.39 is 0 Å². The molecule has 4 nitrogen and oxygen atoms in total. The molecular formula is C18H23N3OS. The Morgan fingerprint density at radius 3 is 2.74 bits per heavy atom. The van der Waals surface area contributed by atoms with Crippen LogP contribution in [0.3, 0.4) is 0 Å². The third-order valence-electron chi connectivity index (χ3n) is 4.21. The molecule has 3 rings (SSSR count). The second-order valence-electron chi connectivity index (χ2n) is 6.36. The van der Waals surface area contributed by atoms with E-state index in [0.717, 1.165) is 27.7 Å². The number of rotatable bonds is 5. The zero-order valence-electron chi connectivity index (χ0n) is 14.2. The molecular weight excluding hydrogens is 306 g/mol. The fourth-order valence-electron chi connectivity index (χ4n) is 2.66. The van der Waals surface area contributed by atoms with Crippen molar-refractivity contribution in [1.82, 2.24) is 14.5 Å². The summed E-state index contributed by atoms with van der Waals surface area (Å²) in [6.07, 6.45) is 2.52. The molecule has 1 aliphatic carbocycles. The monoisotopic (exact) mass is 329 g/mol. The maximum atomic E-state index is 12.1. The first-order chi connectivity index (χ1) is 11.0. The lowest BCUT2D eigenvalue weighted by Crippen LogP contribution is -2.21. The Morgan fingerprint density at radius 1 is 1.35 bits per heavy atom. The Morgan fingerprint density at radius 2 is 2.09 bits per heavy atom. The zero-order chi connectivity index (χ0) is 16.6. The maximum Gasteiger partial charge on any atom is 0.253 e. The number of aromatic nitrogens is 2. The van der Waals surface area contributed by atoms with Gasteiger partial charge in [0, 0.05) is 37.1 Å². The van der Waals surface area contributed by atoms with Gasteiger partial charge in [0.15, 0.2) is 5.16 Å². The zero-order valence-corrected chi connectivity index (χ0v) is 15.0. The number of benzene rings is 1. The molecule has 0 atom stereocenters. The molecule has 0 radical (unpaired) electrons. The number of thioether (sulfide) groups is 1. The highest BCUT2D eigenvalue weighted by Crippen LogP contribution is 2.40. The van der Waals surface area contributed by atoms with Gasteiger partial charge in [0.2, 0.25) is 0 Å². The third kappa shape index (κ3) is 3.44. The number of carbonyl (C=O) groups excluding carboxylic acids is 1. The van der Waals surface area contributed by atoms with Gasteiger partial charge in [0.05, 0.1) is 5.69 Å². The van der Waals surface area contributed by atoms with Gasteiger partial charge in [-0.05, 0) is 44.4 Å². The number of aryl methyl sites for hydroxylation is 1. The SMILES string of the molecule is Cc1nc(SCc2cccc(C(=O)N(C)C)c2)n(C2CC2)c1C. The number of hydrogen-bond acceptors (Lipinski definition) is 3. The van der Waals surface area contributed by atoms with Gasteiger partial charge in [-0.3, -0.25) is 4.79 Å². The lowest BCUT2D eigenvalue weighted by atomic mass is 10.1. The Kier molecular flexibility index (Phi) is 4.48. The molecule has 0 bridgehead atoms. The van der Waals surface area contributed by atoms with E-state index in [9.17, 15) is 4.79 Å². The molecule has 1 saturated carbocycles. The Hall–Kier alpha value is -1.75. The van der Waals surface area contributed by atoms with Crippen molar-refractivity contribution in [3.8, 4) is 0 Å². The van der Waals surface area contributed by atoms with Crippen LogP contribution in [-0.2, 0) is 5.75 Å². The molecule has 5 heteroatoms. The number of carbonyl (C=O) groups is 1. The quantitative estimate of drug-likeness (QED) is 0.783. The molecule has 1 aromatic heterocycles. The van der Waals surface area contributed by atoms with Crippen molar-refractivity contribution in [1.29, 1.82) is 0 Å². The Bertz CT molecular complexity index is 732. The molecule has 122 valence electrons. The van der Waals surface area contributed by atoms with Crippen molar-refractivity contribution in [2.75, 3.05) is 14.1 Å². The van der Waals surface area contributed by atoms with E-state index in [1.807, 2.05) is 18.2 Å². The van der Waals surface area contributed by atoms with Gasteiger partial charge >= 0.3 is 0 Å². The van der Waals surface area contributed by atoms with E-state index in [1.54, 1.807) is 30.8 Å². The summed E-state index contributed by atoms with van der Waals surface area (Å²) in [5.41, 5.74) is 4.30. The highest BCUT2D eigenvalue weighted by molar-refractivity contribution is 7.98. The molecule has 1 aromatic carbocycles. The molecule has 0 spiro atoms. The van der Waals surface area contributed by atoms with Gasteiger partial charge in [-0.25, -0.2) is 4.98 Å². The summed E-state index contributed by atoms with van der Waals surface area (Å²) in [7, 11) is 3.56. The lowest BCUT2D eigenvalue weighted by Gasteiger charge is -2.11. The minimum atomic E-state index is 0.0445. The molecule has 23 heavy (non-hydrogen) atoms. The van der Waals surface area contributed by atoms with Crippen molar-refractivity contribution < 1.29 is 4.79 Å². The average Bonchev–Trinajstić information content (AvgIpc) is 3.32. The topological polar surface area (TPSA) is 38.1 Å². The number of hydrogen-bond donors (Lipinski definition) is 0. The van der Waals surface area contributed by atoms with Crippen LogP contribution in [0.5, 0.6) is 0 Å². The van der Waals surface area contributed by atoms with Crippen LogP contribution in [0, 0.1) is 13.8 Å². The molecule has 0 aliphatic heterocycles. The predicted octanol–water partition coefficient (Wildman–Crippen LogP) is 3.83. The summed E-state index contributed by atoms with van der Waals surface area (Å²) in [6, 6.07) is 8.52. The van der Waals surface area contributed by atoms with Gasteiger partial charge in [-0.2, -0.15) is 0 Å².